The third-order valence-corrected chi connectivity index (χ3v) is 3.73. The smallest absolute Gasteiger partial charge is 0.237 e. The summed E-state index contributed by atoms with van der Waals surface area (Å²) in [6.07, 6.45) is 3.25. The standard InChI is InChI=1S/C13H22N4O/c1-9-11(10(2)17(3)16-9)8-15-13(18)12-6-4-5-7-14-12/h12,14H,4-8H2,1-3H3,(H,15,18)/t12-/m0/s1. The van der Waals surface area contributed by atoms with Gasteiger partial charge in [0, 0.05) is 24.8 Å². The van der Waals surface area contributed by atoms with Crippen molar-refractivity contribution in [2.75, 3.05) is 6.54 Å². The van der Waals surface area contributed by atoms with Gasteiger partial charge in [0.25, 0.3) is 0 Å². The minimum Gasteiger partial charge on any atom is -0.351 e. The minimum atomic E-state index is -0.0176. The number of hydrogen-bond donors (Lipinski definition) is 2. The number of nitrogens with zero attached hydrogens (tertiary/aromatic N) is 2. The van der Waals surface area contributed by atoms with Crippen LogP contribution in [-0.2, 0) is 18.4 Å². The van der Waals surface area contributed by atoms with Crippen LogP contribution in [0.15, 0.2) is 0 Å². The number of rotatable bonds is 3. The molecule has 1 aromatic heterocycles. The zero-order valence-electron chi connectivity index (χ0n) is 11.4. The van der Waals surface area contributed by atoms with Crippen molar-refractivity contribution < 1.29 is 4.79 Å². The minimum absolute atomic E-state index is 0.0176. The van der Waals surface area contributed by atoms with Crippen LogP contribution >= 0.6 is 0 Å². The van der Waals surface area contributed by atoms with Crippen molar-refractivity contribution >= 4 is 5.91 Å². The van der Waals surface area contributed by atoms with E-state index in [0.29, 0.717) is 6.54 Å². The Morgan fingerprint density at radius 2 is 2.28 bits per heavy atom. The molecule has 0 aliphatic carbocycles. The van der Waals surface area contributed by atoms with Gasteiger partial charge in [0.2, 0.25) is 5.91 Å². The highest BCUT2D eigenvalue weighted by Crippen LogP contribution is 2.12. The molecule has 100 valence electrons. The molecule has 2 heterocycles. The fourth-order valence-electron chi connectivity index (χ4n) is 2.45. The van der Waals surface area contributed by atoms with Gasteiger partial charge in [-0.15, -0.1) is 0 Å². The summed E-state index contributed by atoms with van der Waals surface area (Å²) in [5, 5.41) is 10.6. The third-order valence-electron chi connectivity index (χ3n) is 3.73. The summed E-state index contributed by atoms with van der Waals surface area (Å²) < 4.78 is 1.86. The maximum absolute atomic E-state index is 12.0. The van der Waals surface area contributed by atoms with Gasteiger partial charge in [-0.1, -0.05) is 6.42 Å². The van der Waals surface area contributed by atoms with E-state index in [1.54, 1.807) is 0 Å². The number of aryl methyl sites for hydroxylation is 2. The number of piperidine rings is 1. The predicted molar refractivity (Wildman–Crippen MR) is 70.2 cm³/mol. The molecule has 5 nitrogen and oxygen atoms in total. The van der Waals surface area contributed by atoms with E-state index in [2.05, 4.69) is 15.7 Å². The van der Waals surface area contributed by atoms with E-state index in [1.807, 2.05) is 25.6 Å². The average molecular weight is 250 g/mol. The summed E-state index contributed by atoms with van der Waals surface area (Å²) in [4.78, 5) is 12.0. The van der Waals surface area contributed by atoms with Crippen LogP contribution in [0, 0.1) is 13.8 Å². The van der Waals surface area contributed by atoms with Crippen LogP contribution in [0.2, 0.25) is 0 Å². The first-order valence-electron chi connectivity index (χ1n) is 6.59. The van der Waals surface area contributed by atoms with E-state index in [-0.39, 0.29) is 11.9 Å². The van der Waals surface area contributed by atoms with Crippen molar-refractivity contribution in [1.82, 2.24) is 20.4 Å². The van der Waals surface area contributed by atoms with Crippen molar-refractivity contribution in [1.29, 1.82) is 0 Å². The number of carbonyl (C=O) groups excluding carboxylic acids is 1. The molecule has 1 aromatic rings. The first-order valence-corrected chi connectivity index (χ1v) is 6.59. The topological polar surface area (TPSA) is 59.0 Å². The molecule has 0 unspecified atom stereocenters. The molecular weight excluding hydrogens is 228 g/mol. The van der Waals surface area contributed by atoms with Gasteiger partial charge >= 0.3 is 0 Å². The molecular formula is C13H22N4O. The van der Waals surface area contributed by atoms with Crippen LogP contribution in [0.4, 0.5) is 0 Å². The van der Waals surface area contributed by atoms with E-state index in [4.69, 9.17) is 0 Å². The van der Waals surface area contributed by atoms with Gasteiger partial charge in [-0.2, -0.15) is 5.10 Å². The predicted octanol–water partition coefficient (Wildman–Crippen LogP) is 0.795. The maximum atomic E-state index is 12.0. The van der Waals surface area contributed by atoms with Gasteiger partial charge in [-0.3, -0.25) is 9.48 Å². The highest BCUT2D eigenvalue weighted by molar-refractivity contribution is 5.81. The lowest BCUT2D eigenvalue weighted by molar-refractivity contribution is -0.123. The first-order chi connectivity index (χ1) is 8.59. The molecule has 0 spiro atoms. The molecule has 1 saturated heterocycles. The Labute approximate surface area is 108 Å². The van der Waals surface area contributed by atoms with E-state index >= 15 is 0 Å². The molecule has 2 N–H and O–H groups in total. The van der Waals surface area contributed by atoms with Crippen molar-refractivity contribution in [2.45, 2.75) is 45.7 Å². The lowest BCUT2D eigenvalue weighted by atomic mass is 10.0. The summed E-state index contributed by atoms with van der Waals surface area (Å²) in [5.41, 5.74) is 3.23. The SMILES string of the molecule is Cc1nn(C)c(C)c1CNC(=O)[C@@H]1CCCCN1. The lowest BCUT2D eigenvalue weighted by Gasteiger charge is -2.22. The Kier molecular flexibility index (Phi) is 4.01. The Balaban J connectivity index is 1.92. The van der Waals surface area contributed by atoms with E-state index in [1.165, 1.54) is 6.42 Å². The second-order valence-corrected chi connectivity index (χ2v) is 4.99. The zero-order chi connectivity index (χ0) is 13.1. The van der Waals surface area contributed by atoms with Crippen LogP contribution in [0.25, 0.3) is 0 Å². The number of hydrogen-bond acceptors (Lipinski definition) is 3. The molecule has 5 heteroatoms. The number of carbonyl (C=O) groups is 1. The van der Waals surface area contributed by atoms with Gasteiger partial charge < -0.3 is 10.6 Å². The summed E-state index contributed by atoms with van der Waals surface area (Å²) in [7, 11) is 1.93. The molecule has 1 atom stereocenters. The highest BCUT2D eigenvalue weighted by Gasteiger charge is 2.20. The molecule has 18 heavy (non-hydrogen) atoms. The van der Waals surface area contributed by atoms with Crippen LogP contribution in [0.5, 0.6) is 0 Å². The molecule has 1 aliphatic heterocycles. The second kappa shape index (κ2) is 5.52. The largest absolute Gasteiger partial charge is 0.351 e. The highest BCUT2D eigenvalue weighted by atomic mass is 16.2. The van der Waals surface area contributed by atoms with Crippen LogP contribution in [-0.4, -0.2) is 28.3 Å². The molecule has 0 bridgehead atoms. The number of amides is 1. The van der Waals surface area contributed by atoms with Crippen LogP contribution in [0.1, 0.15) is 36.2 Å². The van der Waals surface area contributed by atoms with Crippen molar-refractivity contribution in [2.24, 2.45) is 7.05 Å². The van der Waals surface area contributed by atoms with E-state index in [0.717, 1.165) is 36.3 Å². The molecule has 1 fully saturated rings. The number of aromatic nitrogens is 2. The number of nitrogens with one attached hydrogen (secondary N) is 2. The summed E-state index contributed by atoms with van der Waals surface area (Å²) in [5.74, 6) is 0.109. The quantitative estimate of drug-likeness (QED) is 0.834. The van der Waals surface area contributed by atoms with Gasteiger partial charge in [-0.25, -0.2) is 0 Å². The molecule has 0 aromatic carbocycles. The third kappa shape index (κ3) is 2.72. The summed E-state index contributed by atoms with van der Waals surface area (Å²) in [6.45, 7) is 5.53. The average Bonchev–Trinajstić information content (AvgIpc) is 2.62. The van der Waals surface area contributed by atoms with Crippen LogP contribution in [0.3, 0.4) is 0 Å². The molecule has 0 saturated carbocycles. The van der Waals surface area contributed by atoms with Crippen LogP contribution < -0.4 is 10.6 Å². The fourth-order valence-corrected chi connectivity index (χ4v) is 2.45. The van der Waals surface area contributed by atoms with E-state index < -0.39 is 0 Å². The zero-order valence-corrected chi connectivity index (χ0v) is 11.4. The van der Waals surface area contributed by atoms with E-state index in [9.17, 15) is 4.79 Å². The Morgan fingerprint density at radius 1 is 1.50 bits per heavy atom. The Morgan fingerprint density at radius 3 is 2.83 bits per heavy atom. The van der Waals surface area contributed by atoms with Crippen molar-refractivity contribution in [3.8, 4) is 0 Å². The maximum Gasteiger partial charge on any atom is 0.237 e. The Bertz CT molecular complexity index is 432. The normalized spacial score (nSPS) is 19.8. The summed E-state index contributed by atoms with van der Waals surface area (Å²) >= 11 is 0. The molecule has 0 radical (unpaired) electrons. The monoisotopic (exact) mass is 250 g/mol. The van der Waals surface area contributed by atoms with Gasteiger partial charge in [0.15, 0.2) is 0 Å². The van der Waals surface area contributed by atoms with Gasteiger partial charge in [-0.05, 0) is 33.2 Å². The second-order valence-electron chi connectivity index (χ2n) is 4.99. The fraction of sp³-hybridized carbons (Fsp3) is 0.692. The lowest BCUT2D eigenvalue weighted by Crippen LogP contribution is -2.46. The molecule has 1 amide bonds. The van der Waals surface area contributed by atoms with Crippen molar-refractivity contribution in [3.05, 3.63) is 17.0 Å². The molecule has 2 rings (SSSR count). The van der Waals surface area contributed by atoms with Gasteiger partial charge in [0.1, 0.15) is 0 Å². The van der Waals surface area contributed by atoms with Crippen molar-refractivity contribution in [3.63, 3.8) is 0 Å². The van der Waals surface area contributed by atoms with Gasteiger partial charge in [0.05, 0.1) is 11.7 Å². The Hall–Kier alpha value is -1.36. The summed E-state index contributed by atoms with van der Waals surface area (Å²) in [6, 6.07) is -0.0176. The molecule has 1 aliphatic rings. The first kappa shape index (κ1) is 13.1.